The van der Waals surface area contributed by atoms with Crippen LogP contribution in [-0.2, 0) is 4.79 Å². The van der Waals surface area contributed by atoms with Crippen LogP contribution in [0.25, 0.3) is 0 Å². The number of rotatable bonds is 5. The van der Waals surface area contributed by atoms with E-state index in [1.54, 1.807) is 25.1 Å². The number of aryl methyl sites for hydroxylation is 1. The molecule has 0 bridgehead atoms. The average Bonchev–Trinajstić information content (AvgIpc) is 3.10. The summed E-state index contributed by atoms with van der Waals surface area (Å²) in [7, 11) is 0. The van der Waals surface area contributed by atoms with Gasteiger partial charge in [0.1, 0.15) is 11.5 Å². The Bertz CT molecular complexity index is 798. The Labute approximate surface area is 152 Å². The quantitative estimate of drug-likeness (QED) is 0.889. The van der Waals surface area contributed by atoms with Crippen LogP contribution in [0, 0.1) is 6.92 Å². The second-order valence-electron chi connectivity index (χ2n) is 6.33. The highest BCUT2D eigenvalue weighted by molar-refractivity contribution is 6.06. The van der Waals surface area contributed by atoms with Gasteiger partial charge in [-0.3, -0.25) is 14.5 Å². The van der Waals surface area contributed by atoms with E-state index in [1.165, 1.54) is 4.90 Å². The molecule has 1 N–H and O–H groups in total. The van der Waals surface area contributed by atoms with E-state index in [0.29, 0.717) is 17.2 Å². The number of aromatic nitrogens is 1. The van der Waals surface area contributed by atoms with Gasteiger partial charge in [-0.05, 0) is 31.9 Å². The topological polar surface area (TPSA) is 84.7 Å². The SMILES string of the molecule is CCC(CC)NC(=O)C1CN(C(=O)c2cc(C)on2)c2ccccc2O1. The Kier molecular flexibility index (Phi) is 5.25. The summed E-state index contributed by atoms with van der Waals surface area (Å²) < 4.78 is 10.9. The molecule has 0 spiro atoms. The number of hydrogen-bond donors (Lipinski definition) is 1. The molecular formula is C19H23N3O4. The van der Waals surface area contributed by atoms with Crippen LogP contribution in [0.2, 0.25) is 0 Å². The maximum Gasteiger partial charge on any atom is 0.280 e. The molecule has 1 aromatic carbocycles. The van der Waals surface area contributed by atoms with Gasteiger partial charge in [0, 0.05) is 12.1 Å². The van der Waals surface area contributed by atoms with Gasteiger partial charge in [0.25, 0.3) is 11.8 Å². The Morgan fingerprint density at radius 1 is 1.31 bits per heavy atom. The van der Waals surface area contributed by atoms with E-state index in [9.17, 15) is 9.59 Å². The minimum absolute atomic E-state index is 0.0885. The first-order chi connectivity index (χ1) is 12.5. The van der Waals surface area contributed by atoms with Crippen molar-refractivity contribution in [3.63, 3.8) is 0 Å². The van der Waals surface area contributed by atoms with Gasteiger partial charge >= 0.3 is 0 Å². The lowest BCUT2D eigenvalue weighted by Gasteiger charge is -2.34. The molecule has 1 unspecified atom stereocenters. The molecular weight excluding hydrogens is 334 g/mol. The number of carbonyl (C=O) groups excluding carboxylic acids is 2. The van der Waals surface area contributed by atoms with Gasteiger partial charge in [-0.2, -0.15) is 0 Å². The third kappa shape index (κ3) is 3.56. The zero-order valence-corrected chi connectivity index (χ0v) is 15.2. The number of fused-ring (bicyclic) bond motifs is 1. The van der Waals surface area contributed by atoms with E-state index in [4.69, 9.17) is 9.26 Å². The molecule has 0 fully saturated rings. The molecule has 0 saturated carbocycles. The summed E-state index contributed by atoms with van der Waals surface area (Å²) in [5, 5.41) is 6.79. The smallest absolute Gasteiger partial charge is 0.280 e. The molecule has 0 saturated heterocycles. The van der Waals surface area contributed by atoms with Gasteiger partial charge in [0.05, 0.1) is 12.2 Å². The number of amides is 2. The predicted molar refractivity (Wildman–Crippen MR) is 96.3 cm³/mol. The fourth-order valence-corrected chi connectivity index (χ4v) is 2.96. The number of para-hydroxylation sites is 2. The highest BCUT2D eigenvalue weighted by Crippen LogP contribution is 2.34. The second kappa shape index (κ2) is 7.59. The van der Waals surface area contributed by atoms with Crippen LogP contribution in [-0.4, -0.2) is 35.7 Å². The molecule has 0 aliphatic carbocycles. The lowest BCUT2D eigenvalue weighted by molar-refractivity contribution is -0.128. The Balaban J connectivity index is 1.86. The summed E-state index contributed by atoms with van der Waals surface area (Å²) in [5.74, 6) is 0.509. The van der Waals surface area contributed by atoms with Crippen LogP contribution in [0.1, 0.15) is 42.9 Å². The number of benzene rings is 1. The summed E-state index contributed by atoms with van der Waals surface area (Å²) in [6, 6.07) is 8.84. The monoisotopic (exact) mass is 357 g/mol. The number of carbonyl (C=O) groups is 2. The van der Waals surface area contributed by atoms with E-state index >= 15 is 0 Å². The first-order valence-corrected chi connectivity index (χ1v) is 8.84. The van der Waals surface area contributed by atoms with Crippen LogP contribution in [0.5, 0.6) is 5.75 Å². The van der Waals surface area contributed by atoms with Crippen molar-refractivity contribution in [2.75, 3.05) is 11.4 Å². The van der Waals surface area contributed by atoms with Crippen LogP contribution in [0.4, 0.5) is 5.69 Å². The standard InChI is InChI=1S/C19H23N3O4/c1-4-13(5-2)20-18(23)17-11-22(15-8-6-7-9-16(15)25-17)19(24)14-10-12(3)26-21-14/h6-10,13,17H,4-5,11H2,1-3H3,(H,20,23). The number of anilines is 1. The largest absolute Gasteiger partial charge is 0.477 e. The molecule has 1 atom stereocenters. The van der Waals surface area contributed by atoms with Crippen molar-refractivity contribution in [2.45, 2.75) is 45.8 Å². The average molecular weight is 357 g/mol. The lowest BCUT2D eigenvalue weighted by Crippen LogP contribution is -2.52. The highest BCUT2D eigenvalue weighted by Gasteiger charge is 2.35. The minimum Gasteiger partial charge on any atom is -0.477 e. The molecule has 7 nitrogen and oxygen atoms in total. The second-order valence-corrected chi connectivity index (χ2v) is 6.33. The van der Waals surface area contributed by atoms with E-state index in [2.05, 4.69) is 10.5 Å². The van der Waals surface area contributed by atoms with E-state index in [0.717, 1.165) is 12.8 Å². The van der Waals surface area contributed by atoms with Crippen molar-refractivity contribution < 1.29 is 18.8 Å². The van der Waals surface area contributed by atoms with E-state index < -0.39 is 6.10 Å². The van der Waals surface area contributed by atoms with Gasteiger partial charge in [-0.25, -0.2) is 0 Å². The number of hydrogen-bond acceptors (Lipinski definition) is 5. The summed E-state index contributed by atoms with van der Waals surface area (Å²) in [4.78, 5) is 27.1. The first kappa shape index (κ1) is 18.0. The highest BCUT2D eigenvalue weighted by atomic mass is 16.5. The molecule has 138 valence electrons. The zero-order chi connectivity index (χ0) is 18.7. The predicted octanol–water partition coefficient (Wildman–Crippen LogP) is 2.70. The Morgan fingerprint density at radius 3 is 2.69 bits per heavy atom. The van der Waals surface area contributed by atoms with Gasteiger partial charge < -0.3 is 14.6 Å². The molecule has 2 aromatic rings. The molecule has 2 heterocycles. The van der Waals surface area contributed by atoms with Crippen molar-refractivity contribution >= 4 is 17.5 Å². The molecule has 1 aliphatic heterocycles. The molecule has 2 amide bonds. The van der Waals surface area contributed by atoms with Gasteiger partial charge in [-0.15, -0.1) is 0 Å². The number of ether oxygens (including phenoxy) is 1. The maximum atomic E-state index is 12.9. The van der Waals surface area contributed by atoms with Crippen molar-refractivity contribution in [2.24, 2.45) is 0 Å². The van der Waals surface area contributed by atoms with Crippen molar-refractivity contribution in [1.29, 1.82) is 0 Å². The molecule has 7 heteroatoms. The number of nitrogens with one attached hydrogen (secondary N) is 1. The van der Waals surface area contributed by atoms with Gasteiger partial charge in [0.2, 0.25) is 0 Å². The third-order valence-corrected chi connectivity index (χ3v) is 4.49. The first-order valence-electron chi connectivity index (χ1n) is 8.84. The fourth-order valence-electron chi connectivity index (χ4n) is 2.96. The van der Waals surface area contributed by atoms with Crippen LogP contribution >= 0.6 is 0 Å². The summed E-state index contributed by atoms with van der Waals surface area (Å²) in [5.41, 5.74) is 0.822. The van der Waals surface area contributed by atoms with Crippen molar-refractivity contribution in [3.05, 3.63) is 41.8 Å². The van der Waals surface area contributed by atoms with Crippen molar-refractivity contribution in [1.82, 2.24) is 10.5 Å². The Morgan fingerprint density at radius 2 is 2.04 bits per heavy atom. The van der Waals surface area contributed by atoms with Crippen LogP contribution in [0.3, 0.4) is 0 Å². The normalized spacial score (nSPS) is 16.2. The van der Waals surface area contributed by atoms with Crippen molar-refractivity contribution in [3.8, 4) is 5.75 Å². The van der Waals surface area contributed by atoms with Crippen LogP contribution < -0.4 is 15.0 Å². The van der Waals surface area contributed by atoms with E-state index in [-0.39, 0.29) is 30.1 Å². The summed E-state index contributed by atoms with van der Waals surface area (Å²) >= 11 is 0. The maximum absolute atomic E-state index is 12.9. The number of nitrogens with zero attached hydrogens (tertiary/aromatic N) is 2. The molecule has 26 heavy (non-hydrogen) atoms. The molecule has 1 aromatic heterocycles. The van der Waals surface area contributed by atoms with Crippen LogP contribution in [0.15, 0.2) is 34.9 Å². The fraction of sp³-hybridized carbons (Fsp3) is 0.421. The molecule has 3 rings (SSSR count). The third-order valence-electron chi connectivity index (χ3n) is 4.49. The molecule has 0 radical (unpaired) electrons. The molecule has 1 aliphatic rings. The Hall–Kier alpha value is -2.83. The van der Waals surface area contributed by atoms with Gasteiger partial charge in [0.15, 0.2) is 11.8 Å². The minimum atomic E-state index is -0.776. The lowest BCUT2D eigenvalue weighted by atomic mass is 10.1. The zero-order valence-electron chi connectivity index (χ0n) is 15.2. The van der Waals surface area contributed by atoms with Gasteiger partial charge in [-0.1, -0.05) is 31.1 Å². The van der Waals surface area contributed by atoms with E-state index in [1.807, 2.05) is 26.0 Å². The summed E-state index contributed by atoms with van der Waals surface area (Å²) in [6.07, 6.45) is 0.904. The summed E-state index contributed by atoms with van der Waals surface area (Å²) in [6.45, 7) is 5.89.